The molecular formula is C23H23FN4O. The fourth-order valence-corrected chi connectivity index (χ4v) is 3.55. The van der Waals surface area contributed by atoms with Crippen LogP contribution >= 0.6 is 0 Å². The van der Waals surface area contributed by atoms with Gasteiger partial charge in [0.1, 0.15) is 11.5 Å². The summed E-state index contributed by atoms with van der Waals surface area (Å²) in [5.41, 5.74) is 3.75. The van der Waals surface area contributed by atoms with Gasteiger partial charge in [0.05, 0.1) is 5.69 Å². The van der Waals surface area contributed by atoms with Gasteiger partial charge >= 0.3 is 0 Å². The summed E-state index contributed by atoms with van der Waals surface area (Å²) in [6, 6.07) is 18.2. The summed E-state index contributed by atoms with van der Waals surface area (Å²) in [6.45, 7) is 4.88. The number of nitrogens with one attached hydrogen (secondary N) is 1. The van der Waals surface area contributed by atoms with Crippen LogP contribution < -0.4 is 15.1 Å². The number of hydrogen-bond acceptors (Lipinski definition) is 4. The average Bonchev–Trinajstić information content (AvgIpc) is 2.76. The third kappa shape index (κ3) is 4.21. The van der Waals surface area contributed by atoms with E-state index in [-0.39, 0.29) is 11.7 Å². The predicted octanol–water partition coefficient (Wildman–Crippen LogP) is 4.11. The summed E-state index contributed by atoms with van der Waals surface area (Å²) in [4.78, 5) is 21.1. The molecular weight excluding hydrogens is 367 g/mol. The molecule has 0 atom stereocenters. The maximum absolute atomic E-state index is 14.0. The van der Waals surface area contributed by atoms with Crippen LogP contribution in [0.3, 0.4) is 0 Å². The van der Waals surface area contributed by atoms with Gasteiger partial charge in [-0.15, -0.1) is 0 Å². The van der Waals surface area contributed by atoms with E-state index in [1.807, 2.05) is 55.5 Å². The number of pyridine rings is 1. The van der Waals surface area contributed by atoms with Crippen LogP contribution in [0.15, 0.2) is 66.9 Å². The lowest BCUT2D eigenvalue weighted by atomic mass is 10.2. The van der Waals surface area contributed by atoms with E-state index in [1.165, 1.54) is 6.07 Å². The van der Waals surface area contributed by atoms with E-state index >= 15 is 0 Å². The lowest BCUT2D eigenvalue weighted by Crippen LogP contribution is -2.46. The molecule has 0 spiro atoms. The number of anilines is 3. The van der Waals surface area contributed by atoms with Gasteiger partial charge < -0.3 is 15.1 Å². The molecule has 0 saturated carbocycles. The van der Waals surface area contributed by atoms with Crippen LogP contribution in [0.25, 0.3) is 0 Å². The van der Waals surface area contributed by atoms with Crippen molar-refractivity contribution in [2.45, 2.75) is 6.92 Å². The van der Waals surface area contributed by atoms with E-state index < -0.39 is 0 Å². The Kier molecular flexibility index (Phi) is 5.42. The van der Waals surface area contributed by atoms with Crippen molar-refractivity contribution in [2.24, 2.45) is 0 Å². The molecule has 0 bridgehead atoms. The first-order chi connectivity index (χ1) is 14.1. The molecule has 1 fully saturated rings. The molecule has 1 aromatic heterocycles. The van der Waals surface area contributed by atoms with Gasteiger partial charge in [-0.05, 0) is 42.8 Å². The van der Waals surface area contributed by atoms with Crippen LogP contribution in [0.4, 0.5) is 21.5 Å². The molecule has 5 nitrogen and oxygen atoms in total. The molecule has 1 aliphatic heterocycles. The van der Waals surface area contributed by atoms with Crippen molar-refractivity contribution in [1.29, 1.82) is 0 Å². The first-order valence-electron chi connectivity index (χ1n) is 9.69. The molecule has 148 valence electrons. The minimum Gasteiger partial charge on any atom is -0.368 e. The number of piperazine rings is 1. The van der Waals surface area contributed by atoms with Crippen LogP contribution in [0.5, 0.6) is 0 Å². The molecule has 2 heterocycles. The van der Waals surface area contributed by atoms with E-state index in [0.717, 1.165) is 30.0 Å². The first-order valence-corrected chi connectivity index (χ1v) is 9.69. The molecule has 3 aromatic rings. The Labute approximate surface area is 169 Å². The van der Waals surface area contributed by atoms with Crippen molar-refractivity contribution in [3.63, 3.8) is 0 Å². The first kappa shape index (κ1) is 18.9. The van der Waals surface area contributed by atoms with Gasteiger partial charge in [-0.3, -0.25) is 9.78 Å². The summed E-state index contributed by atoms with van der Waals surface area (Å²) >= 11 is 0. The second-order valence-electron chi connectivity index (χ2n) is 7.09. The van der Waals surface area contributed by atoms with Gasteiger partial charge in [-0.2, -0.15) is 0 Å². The molecule has 4 rings (SSSR count). The minimum atomic E-state index is -0.230. The van der Waals surface area contributed by atoms with E-state index in [2.05, 4.69) is 20.1 Å². The standard InChI is InChI=1S/C23H23FN4O/c1-17-6-2-4-8-20(17)26-23(29)21-16-18(10-11-25-21)27-12-14-28(15-13-27)22-9-5-3-7-19(22)24/h2-11,16H,12-15H2,1H3,(H,26,29). The lowest BCUT2D eigenvalue weighted by molar-refractivity contribution is 0.102. The maximum Gasteiger partial charge on any atom is 0.274 e. The van der Waals surface area contributed by atoms with Crippen LogP contribution in [-0.4, -0.2) is 37.1 Å². The maximum atomic E-state index is 14.0. The monoisotopic (exact) mass is 390 g/mol. The van der Waals surface area contributed by atoms with Crippen LogP contribution in [0.2, 0.25) is 0 Å². The Balaban J connectivity index is 1.44. The topological polar surface area (TPSA) is 48.5 Å². The lowest BCUT2D eigenvalue weighted by Gasteiger charge is -2.37. The number of rotatable bonds is 4. The smallest absolute Gasteiger partial charge is 0.274 e. The van der Waals surface area contributed by atoms with Crippen LogP contribution in [0.1, 0.15) is 16.1 Å². The number of aryl methyl sites for hydroxylation is 1. The molecule has 1 saturated heterocycles. The highest BCUT2D eigenvalue weighted by atomic mass is 19.1. The molecule has 0 unspecified atom stereocenters. The van der Waals surface area contributed by atoms with E-state index in [1.54, 1.807) is 12.3 Å². The Hall–Kier alpha value is -3.41. The van der Waals surface area contributed by atoms with Crippen molar-refractivity contribution < 1.29 is 9.18 Å². The summed E-state index contributed by atoms with van der Waals surface area (Å²) in [7, 11) is 0. The number of nitrogens with zero attached hydrogens (tertiary/aromatic N) is 3. The van der Waals surface area contributed by atoms with Gasteiger partial charge in [0.2, 0.25) is 0 Å². The Morgan fingerprint density at radius 2 is 1.66 bits per heavy atom. The zero-order chi connectivity index (χ0) is 20.2. The van der Waals surface area contributed by atoms with Gasteiger partial charge in [0.25, 0.3) is 5.91 Å². The highest BCUT2D eigenvalue weighted by molar-refractivity contribution is 6.03. The van der Waals surface area contributed by atoms with E-state index in [0.29, 0.717) is 24.5 Å². The summed E-state index contributed by atoms with van der Waals surface area (Å²) in [6.07, 6.45) is 1.66. The molecule has 0 radical (unpaired) electrons. The summed E-state index contributed by atoms with van der Waals surface area (Å²) < 4.78 is 14.0. The number of para-hydroxylation sites is 2. The zero-order valence-corrected chi connectivity index (χ0v) is 16.3. The normalized spacial score (nSPS) is 14.0. The molecule has 29 heavy (non-hydrogen) atoms. The Morgan fingerprint density at radius 1 is 0.966 bits per heavy atom. The van der Waals surface area contributed by atoms with Gasteiger partial charge in [0, 0.05) is 43.8 Å². The molecule has 1 amide bonds. The van der Waals surface area contributed by atoms with Gasteiger partial charge in [0.15, 0.2) is 0 Å². The second kappa shape index (κ2) is 8.31. The molecule has 6 heteroatoms. The highest BCUT2D eigenvalue weighted by Gasteiger charge is 2.20. The number of halogens is 1. The summed E-state index contributed by atoms with van der Waals surface area (Å²) in [5.74, 6) is -0.425. The van der Waals surface area contributed by atoms with E-state index in [9.17, 15) is 9.18 Å². The number of benzene rings is 2. The molecule has 1 aliphatic rings. The highest BCUT2D eigenvalue weighted by Crippen LogP contribution is 2.23. The quantitative estimate of drug-likeness (QED) is 0.728. The molecule has 1 N–H and O–H groups in total. The SMILES string of the molecule is Cc1ccccc1NC(=O)c1cc(N2CCN(c3ccccc3F)CC2)ccn1. The summed E-state index contributed by atoms with van der Waals surface area (Å²) in [5, 5.41) is 2.92. The number of carbonyl (C=O) groups is 1. The number of hydrogen-bond donors (Lipinski definition) is 1. The third-order valence-electron chi connectivity index (χ3n) is 5.21. The molecule has 2 aromatic carbocycles. The predicted molar refractivity (Wildman–Crippen MR) is 114 cm³/mol. The number of carbonyl (C=O) groups excluding carboxylic acids is 1. The van der Waals surface area contributed by atoms with Crippen LogP contribution in [-0.2, 0) is 0 Å². The number of amides is 1. The minimum absolute atomic E-state index is 0.194. The Morgan fingerprint density at radius 3 is 2.41 bits per heavy atom. The average molecular weight is 390 g/mol. The zero-order valence-electron chi connectivity index (χ0n) is 16.3. The van der Waals surface area contributed by atoms with E-state index in [4.69, 9.17) is 0 Å². The van der Waals surface area contributed by atoms with Crippen LogP contribution in [0, 0.1) is 12.7 Å². The Bertz CT molecular complexity index is 1020. The van der Waals surface area contributed by atoms with Crippen molar-refractivity contribution in [2.75, 3.05) is 41.3 Å². The third-order valence-corrected chi connectivity index (χ3v) is 5.21. The van der Waals surface area contributed by atoms with Crippen molar-refractivity contribution >= 4 is 23.0 Å². The largest absolute Gasteiger partial charge is 0.368 e. The van der Waals surface area contributed by atoms with Crippen molar-refractivity contribution in [3.05, 3.63) is 83.9 Å². The van der Waals surface area contributed by atoms with Gasteiger partial charge in [-0.1, -0.05) is 30.3 Å². The number of aromatic nitrogens is 1. The van der Waals surface area contributed by atoms with Crippen molar-refractivity contribution in [1.82, 2.24) is 4.98 Å². The van der Waals surface area contributed by atoms with Crippen molar-refractivity contribution in [3.8, 4) is 0 Å². The fourth-order valence-electron chi connectivity index (χ4n) is 3.55. The molecule has 0 aliphatic carbocycles. The second-order valence-corrected chi connectivity index (χ2v) is 7.09. The van der Waals surface area contributed by atoms with Gasteiger partial charge in [-0.25, -0.2) is 4.39 Å². The fraction of sp³-hybridized carbons (Fsp3) is 0.217.